The van der Waals surface area contributed by atoms with Crippen LogP contribution in [0.1, 0.15) is 31.0 Å². The Labute approximate surface area is 114 Å². The van der Waals surface area contributed by atoms with Crippen LogP contribution in [0.2, 0.25) is 0 Å². The first-order chi connectivity index (χ1) is 9.49. The van der Waals surface area contributed by atoms with Gasteiger partial charge in [0, 0.05) is 0 Å². The van der Waals surface area contributed by atoms with Gasteiger partial charge in [-0.05, 0) is 19.4 Å². The molecular formula is C14H15N3O3. The van der Waals surface area contributed by atoms with E-state index in [1.165, 1.54) is 0 Å². The lowest BCUT2D eigenvalue weighted by Crippen LogP contribution is -2.27. The predicted molar refractivity (Wildman–Crippen MR) is 76.4 cm³/mol. The van der Waals surface area contributed by atoms with Crippen LogP contribution in [0.3, 0.4) is 0 Å². The van der Waals surface area contributed by atoms with Crippen LogP contribution in [-0.4, -0.2) is 20.8 Å². The summed E-state index contributed by atoms with van der Waals surface area (Å²) in [5.41, 5.74) is -0.0798. The number of aromatic nitrogens is 2. The highest BCUT2D eigenvalue weighted by atomic mass is 16.3. The van der Waals surface area contributed by atoms with E-state index in [9.17, 15) is 14.7 Å². The van der Waals surface area contributed by atoms with Crippen molar-refractivity contribution in [2.75, 3.05) is 0 Å². The standard InChI is InChI=1S/C14H15N3O3/c1-8(10-6-4-3-5-7-10)15-9(2)11-12(18)16-14(20)17-13(11)19/h3-8H,1-2H3,(H3,16,17,18,19,20)/t8-/m1/s1. The van der Waals surface area contributed by atoms with E-state index in [1.807, 2.05) is 37.3 Å². The Morgan fingerprint density at radius 3 is 2.45 bits per heavy atom. The van der Waals surface area contributed by atoms with E-state index < -0.39 is 17.1 Å². The van der Waals surface area contributed by atoms with Crippen LogP contribution in [0.4, 0.5) is 0 Å². The van der Waals surface area contributed by atoms with Crippen LogP contribution in [0.25, 0.3) is 0 Å². The van der Waals surface area contributed by atoms with Gasteiger partial charge in [-0.2, -0.15) is 0 Å². The largest absolute Gasteiger partial charge is 0.494 e. The lowest BCUT2D eigenvalue weighted by atomic mass is 10.1. The van der Waals surface area contributed by atoms with Crippen LogP contribution in [-0.2, 0) is 0 Å². The van der Waals surface area contributed by atoms with Crippen LogP contribution in [0.5, 0.6) is 5.88 Å². The van der Waals surface area contributed by atoms with Gasteiger partial charge in [-0.25, -0.2) is 4.79 Å². The predicted octanol–water partition coefficient (Wildman–Crippen LogP) is 1.34. The second-order valence-corrected chi connectivity index (χ2v) is 4.43. The zero-order chi connectivity index (χ0) is 14.7. The molecule has 1 atom stereocenters. The van der Waals surface area contributed by atoms with Crippen molar-refractivity contribution in [2.45, 2.75) is 19.9 Å². The Morgan fingerprint density at radius 2 is 1.85 bits per heavy atom. The van der Waals surface area contributed by atoms with E-state index in [1.54, 1.807) is 6.92 Å². The molecule has 0 radical (unpaired) electrons. The number of aromatic amines is 2. The van der Waals surface area contributed by atoms with Crippen LogP contribution in [0, 0.1) is 0 Å². The number of rotatable bonds is 3. The number of H-pyrrole nitrogens is 2. The van der Waals surface area contributed by atoms with Crippen molar-refractivity contribution < 1.29 is 5.11 Å². The van der Waals surface area contributed by atoms with Gasteiger partial charge in [-0.1, -0.05) is 30.3 Å². The number of aliphatic imine (C=N–C) groups is 1. The SMILES string of the molecule is CC(=N[C@H](C)c1ccccc1)c1c(O)[nH]c(=O)[nH]c1=O. The van der Waals surface area contributed by atoms with E-state index in [-0.39, 0.29) is 11.6 Å². The molecule has 0 aliphatic carbocycles. The quantitative estimate of drug-likeness (QED) is 0.736. The molecule has 1 aromatic carbocycles. The molecule has 0 saturated heterocycles. The van der Waals surface area contributed by atoms with Gasteiger partial charge in [-0.3, -0.25) is 19.8 Å². The van der Waals surface area contributed by atoms with E-state index >= 15 is 0 Å². The van der Waals surface area contributed by atoms with Crippen LogP contribution in [0.15, 0.2) is 44.9 Å². The van der Waals surface area contributed by atoms with Crippen molar-refractivity contribution in [2.24, 2.45) is 4.99 Å². The number of benzene rings is 1. The van der Waals surface area contributed by atoms with Crippen LogP contribution < -0.4 is 11.2 Å². The van der Waals surface area contributed by atoms with E-state index in [4.69, 9.17) is 0 Å². The first kappa shape index (κ1) is 13.8. The van der Waals surface area contributed by atoms with E-state index in [0.29, 0.717) is 5.71 Å². The zero-order valence-corrected chi connectivity index (χ0v) is 11.2. The number of aromatic hydroxyl groups is 1. The molecule has 0 fully saturated rings. The molecule has 0 aliphatic rings. The van der Waals surface area contributed by atoms with Gasteiger partial charge in [0.25, 0.3) is 5.56 Å². The number of hydrogen-bond donors (Lipinski definition) is 3. The van der Waals surface area contributed by atoms with Gasteiger partial charge in [0.15, 0.2) is 0 Å². The van der Waals surface area contributed by atoms with Gasteiger partial charge in [-0.15, -0.1) is 0 Å². The third-order valence-corrected chi connectivity index (χ3v) is 2.95. The Balaban J connectivity index is 2.42. The summed E-state index contributed by atoms with van der Waals surface area (Å²) in [4.78, 5) is 31.3. The molecule has 0 amide bonds. The average molecular weight is 273 g/mol. The Hall–Kier alpha value is -2.63. The summed E-state index contributed by atoms with van der Waals surface area (Å²) >= 11 is 0. The maximum absolute atomic E-state index is 11.7. The van der Waals surface area contributed by atoms with E-state index in [2.05, 4.69) is 15.0 Å². The highest BCUT2D eigenvalue weighted by Crippen LogP contribution is 2.18. The first-order valence-electron chi connectivity index (χ1n) is 6.14. The Kier molecular flexibility index (Phi) is 3.84. The van der Waals surface area contributed by atoms with Gasteiger partial charge in [0.1, 0.15) is 5.56 Å². The molecule has 3 N–H and O–H groups in total. The van der Waals surface area contributed by atoms with Crippen molar-refractivity contribution in [1.82, 2.24) is 9.97 Å². The average Bonchev–Trinajstić information content (AvgIpc) is 2.38. The topological polar surface area (TPSA) is 98.3 Å². The zero-order valence-electron chi connectivity index (χ0n) is 11.2. The molecular weight excluding hydrogens is 258 g/mol. The van der Waals surface area contributed by atoms with Crippen LogP contribution >= 0.6 is 0 Å². The molecule has 6 heteroatoms. The molecule has 0 unspecified atom stereocenters. The summed E-state index contributed by atoms with van der Waals surface area (Å²) < 4.78 is 0. The summed E-state index contributed by atoms with van der Waals surface area (Å²) in [5, 5.41) is 9.67. The summed E-state index contributed by atoms with van der Waals surface area (Å²) in [7, 11) is 0. The maximum Gasteiger partial charge on any atom is 0.328 e. The van der Waals surface area contributed by atoms with Gasteiger partial charge in [0.2, 0.25) is 5.88 Å². The molecule has 0 bridgehead atoms. The number of nitrogens with one attached hydrogen (secondary N) is 2. The minimum Gasteiger partial charge on any atom is -0.494 e. The molecule has 6 nitrogen and oxygen atoms in total. The minimum absolute atomic E-state index is 0.0209. The van der Waals surface area contributed by atoms with Crippen molar-refractivity contribution >= 4 is 5.71 Å². The fraction of sp³-hybridized carbons (Fsp3) is 0.214. The summed E-state index contributed by atoms with van der Waals surface area (Å²) in [6.07, 6.45) is 0. The fourth-order valence-electron chi connectivity index (χ4n) is 1.97. The van der Waals surface area contributed by atoms with Crippen molar-refractivity contribution in [1.29, 1.82) is 0 Å². The number of hydrogen-bond acceptors (Lipinski definition) is 4. The summed E-state index contributed by atoms with van der Waals surface area (Å²) in [6.45, 7) is 3.50. The van der Waals surface area contributed by atoms with Crippen molar-refractivity contribution in [3.05, 3.63) is 62.3 Å². The van der Waals surface area contributed by atoms with Gasteiger partial charge >= 0.3 is 5.69 Å². The van der Waals surface area contributed by atoms with Gasteiger partial charge in [0.05, 0.1) is 11.8 Å². The molecule has 2 rings (SSSR count). The molecule has 1 heterocycles. The Bertz CT molecular complexity index is 744. The van der Waals surface area contributed by atoms with Gasteiger partial charge < -0.3 is 5.11 Å². The molecule has 2 aromatic rings. The molecule has 0 spiro atoms. The third-order valence-electron chi connectivity index (χ3n) is 2.95. The summed E-state index contributed by atoms with van der Waals surface area (Å²) in [5.74, 6) is -0.472. The van der Waals surface area contributed by atoms with Crippen molar-refractivity contribution in [3.63, 3.8) is 0 Å². The van der Waals surface area contributed by atoms with E-state index in [0.717, 1.165) is 5.56 Å². The monoisotopic (exact) mass is 273 g/mol. The molecule has 20 heavy (non-hydrogen) atoms. The lowest BCUT2D eigenvalue weighted by molar-refractivity contribution is 0.447. The fourth-order valence-corrected chi connectivity index (χ4v) is 1.97. The second-order valence-electron chi connectivity index (χ2n) is 4.43. The molecule has 0 aliphatic heterocycles. The molecule has 104 valence electrons. The Morgan fingerprint density at radius 1 is 1.20 bits per heavy atom. The third kappa shape index (κ3) is 2.85. The maximum atomic E-state index is 11.7. The highest BCUT2D eigenvalue weighted by Gasteiger charge is 2.13. The normalized spacial score (nSPS) is 13.2. The first-order valence-corrected chi connectivity index (χ1v) is 6.14. The second kappa shape index (κ2) is 5.56. The molecule has 1 aromatic heterocycles. The summed E-state index contributed by atoms with van der Waals surface area (Å²) in [6, 6.07) is 9.41. The highest BCUT2D eigenvalue weighted by molar-refractivity contribution is 6.00. The number of nitrogens with zero attached hydrogens (tertiary/aromatic N) is 1. The van der Waals surface area contributed by atoms with Crippen molar-refractivity contribution in [3.8, 4) is 5.88 Å². The lowest BCUT2D eigenvalue weighted by Gasteiger charge is -2.09. The molecule has 0 saturated carbocycles. The minimum atomic E-state index is -0.750. The smallest absolute Gasteiger partial charge is 0.328 e.